The first kappa shape index (κ1) is 14.9. The average Bonchev–Trinajstić information content (AvgIpc) is 2.73. The third-order valence-corrected chi connectivity index (χ3v) is 3.81. The van der Waals surface area contributed by atoms with Gasteiger partial charge >= 0.3 is 0 Å². The van der Waals surface area contributed by atoms with E-state index in [4.69, 9.17) is 10.8 Å². The van der Waals surface area contributed by atoms with E-state index in [-0.39, 0.29) is 6.61 Å². The van der Waals surface area contributed by atoms with Gasteiger partial charge in [-0.05, 0) is 53.4 Å². The molecule has 1 heterocycles. The molecule has 0 saturated carbocycles. The molecular formula is C13H29N3O. The molecule has 17 heavy (non-hydrogen) atoms. The molecule has 4 nitrogen and oxygen atoms in total. The fourth-order valence-corrected chi connectivity index (χ4v) is 2.38. The number of hydrogen-bond acceptors (Lipinski definition) is 4. The van der Waals surface area contributed by atoms with E-state index in [2.05, 4.69) is 23.9 Å². The van der Waals surface area contributed by atoms with Gasteiger partial charge in [-0.1, -0.05) is 6.42 Å². The number of aliphatic hydroxyl groups is 1. The number of nitrogens with zero attached hydrogens (tertiary/aromatic N) is 2. The predicted octanol–water partition coefficient (Wildman–Crippen LogP) is 0.502. The minimum absolute atomic E-state index is 0.0828. The molecule has 2 atom stereocenters. The summed E-state index contributed by atoms with van der Waals surface area (Å²) in [6.45, 7) is 5.60. The van der Waals surface area contributed by atoms with Crippen molar-refractivity contribution in [3.05, 3.63) is 0 Å². The van der Waals surface area contributed by atoms with Crippen molar-refractivity contribution < 1.29 is 5.11 Å². The number of unbranched alkanes of at least 4 members (excludes halogenated alkanes) is 1. The van der Waals surface area contributed by atoms with Crippen molar-refractivity contribution in [3.8, 4) is 0 Å². The van der Waals surface area contributed by atoms with Crippen LogP contribution in [0.25, 0.3) is 0 Å². The summed E-state index contributed by atoms with van der Waals surface area (Å²) in [6.07, 6.45) is 4.50. The highest BCUT2D eigenvalue weighted by Crippen LogP contribution is 2.15. The Balaban J connectivity index is 2.08. The van der Waals surface area contributed by atoms with Crippen LogP contribution in [0.1, 0.15) is 32.6 Å². The second-order valence-corrected chi connectivity index (χ2v) is 5.98. The highest BCUT2D eigenvalue weighted by atomic mass is 16.3. The van der Waals surface area contributed by atoms with E-state index in [0.717, 1.165) is 18.9 Å². The summed E-state index contributed by atoms with van der Waals surface area (Å²) in [5, 5.41) is 9.06. The van der Waals surface area contributed by atoms with Crippen LogP contribution in [0.3, 0.4) is 0 Å². The summed E-state index contributed by atoms with van der Waals surface area (Å²) in [5.74, 6) is 0. The first-order valence-corrected chi connectivity index (χ1v) is 6.73. The van der Waals surface area contributed by atoms with Crippen molar-refractivity contribution in [3.63, 3.8) is 0 Å². The number of nitrogens with two attached hydrogens (primary N) is 1. The van der Waals surface area contributed by atoms with E-state index in [1.165, 1.54) is 32.5 Å². The summed E-state index contributed by atoms with van der Waals surface area (Å²) in [4.78, 5) is 4.86. The van der Waals surface area contributed by atoms with Gasteiger partial charge in [0, 0.05) is 18.1 Å². The molecule has 4 heteroatoms. The summed E-state index contributed by atoms with van der Waals surface area (Å²) in [5.41, 5.74) is 5.51. The number of likely N-dealkylation sites (N-methyl/N-ethyl adjacent to an activating group) is 1. The number of aliphatic hydroxyl groups excluding tert-OH is 1. The molecule has 0 aromatic rings. The fourth-order valence-electron chi connectivity index (χ4n) is 2.38. The normalized spacial score (nSPS) is 25.4. The van der Waals surface area contributed by atoms with Crippen LogP contribution < -0.4 is 5.73 Å². The monoisotopic (exact) mass is 243 g/mol. The molecule has 0 aliphatic carbocycles. The molecule has 1 aliphatic rings. The highest BCUT2D eigenvalue weighted by Gasteiger charge is 2.23. The van der Waals surface area contributed by atoms with Crippen molar-refractivity contribution >= 4 is 0 Å². The highest BCUT2D eigenvalue weighted by molar-refractivity contribution is 4.81. The van der Waals surface area contributed by atoms with Gasteiger partial charge in [-0.3, -0.25) is 0 Å². The first-order valence-electron chi connectivity index (χ1n) is 6.73. The molecule has 3 N–H and O–H groups in total. The van der Waals surface area contributed by atoms with Gasteiger partial charge < -0.3 is 20.6 Å². The average molecular weight is 243 g/mol. The van der Waals surface area contributed by atoms with Crippen LogP contribution in [0.5, 0.6) is 0 Å². The molecule has 0 aromatic heterocycles. The molecule has 1 fully saturated rings. The van der Waals surface area contributed by atoms with Crippen LogP contribution in [0, 0.1) is 0 Å². The lowest BCUT2D eigenvalue weighted by Crippen LogP contribution is -2.40. The number of likely N-dealkylation sites (tertiary alicyclic amines) is 1. The maximum atomic E-state index is 9.06. The van der Waals surface area contributed by atoms with Gasteiger partial charge in [0.05, 0.1) is 6.61 Å². The second-order valence-electron chi connectivity index (χ2n) is 5.98. The van der Waals surface area contributed by atoms with Crippen LogP contribution >= 0.6 is 0 Å². The molecule has 0 aromatic carbocycles. The van der Waals surface area contributed by atoms with Crippen LogP contribution in [-0.4, -0.2) is 66.8 Å². The van der Waals surface area contributed by atoms with Crippen molar-refractivity contribution in [2.75, 3.05) is 40.3 Å². The molecule has 1 rings (SSSR count). The lowest BCUT2D eigenvalue weighted by molar-refractivity contribution is 0.194. The van der Waals surface area contributed by atoms with Crippen molar-refractivity contribution in [2.45, 2.75) is 44.2 Å². The van der Waals surface area contributed by atoms with Gasteiger partial charge in [0.2, 0.25) is 0 Å². The third kappa shape index (κ3) is 5.34. The van der Waals surface area contributed by atoms with Crippen molar-refractivity contribution in [1.29, 1.82) is 0 Å². The molecule has 1 aliphatic heterocycles. The van der Waals surface area contributed by atoms with E-state index >= 15 is 0 Å². The number of rotatable bonds is 7. The summed E-state index contributed by atoms with van der Waals surface area (Å²) in [6, 6.07) is 0.729. The number of hydrogen-bond donors (Lipinski definition) is 2. The van der Waals surface area contributed by atoms with E-state index in [1.807, 2.05) is 6.92 Å². The van der Waals surface area contributed by atoms with Crippen LogP contribution in [0.15, 0.2) is 0 Å². The van der Waals surface area contributed by atoms with Crippen LogP contribution in [0.4, 0.5) is 0 Å². The smallest absolute Gasteiger partial charge is 0.0608 e. The Labute approximate surface area is 106 Å². The third-order valence-electron chi connectivity index (χ3n) is 3.81. The molecular weight excluding hydrogens is 214 g/mol. The minimum Gasteiger partial charge on any atom is -0.394 e. The zero-order chi connectivity index (χ0) is 12.9. The molecule has 0 radical (unpaired) electrons. The Morgan fingerprint density at radius 3 is 2.65 bits per heavy atom. The lowest BCUT2D eigenvalue weighted by Gasteiger charge is -2.23. The van der Waals surface area contributed by atoms with Gasteiger partial charge in [0.25, 0.3) is 0 Å². The van der Waals surface area contributed by atoms with Crippen molar-refractivity contribution in [1.82, 2.24) is 9.80 Å². The SMILES string of the molecule is CN(C)C1CCN(CCCCC(C)(N)CO)C1. The van der Waals surface area contributed by atoms with Crippen LogP contribution in [-0.2, 0) is 0 Å². The van der Waals surface area contributed by atoms with Gasteiger partial charge in [-0.25, -0.2) is 0 Å². The summed E-state index contributed by atoms with van der Waals surface area (Å²) in [7, 11) is 4.32. The molecule has 0 amide bonds. The lowest BCUT2D eigenvalue weighted by atomic mass is 9.97. The molecule has 0 spiro atoms. The fraction of sp³-hybridized carbons (Fsp3) is 1.00. The molecule has 102 valence electrons. The van der Waals surface area contributed by atoms with Crippen molar-refractivity contribution in [2.24, 2.45) is 5.73 Å². The Morgan fingerprint density at radius 1 is 1.41 bits per heavy atom. The van der Waals surface area contributed by atoms with E-state index < -0.39 is 5.54 Å². The van der Waals surface area contributed by atoms with Gasteiger partial charge in [0.1, 0.15) is 0 Å². The Bertz CT molecular complexity index is 219. The second kappa shape index (κ2) is 6.69. The maximum absolute atomic E-state index is 9.06. The molecule has 2 unspecified atom stereocenters. The van der Waals surface area contributed by atoms with E-state index in [0.29, 0.717) is 0 Å². The Hall–Kier alpha value is -0.160. The zero-order valence-electron chi connectivity index (χ0n) is 11.7. The summed E-state index contributed by atoms with van der Waals surface area (Å²) < 4.78 is 0. The zero-order valence-corrected chi connectivity index (χ0v) is 11.7. The van der Waals surface area contributed by atoms with E-state index in [1.54, 1.807) is 0 Å². The standard InChI is InChI=1S/C13H29N3O/c1-13(14,11-17)7-4-5-8-16-9-6-12(10-16)15(2)3/h12,17H,4-11,14H2,1-3H3. The van der Waals surface area contributed by atoms with Crippen LogP contribution in [0.2, 0.25) is 0 Å². The first-order chi connectivity index (χ1) is 7.94. The maximum Gasteiger partial charge on any atom is 0.0608 e. The largest absolute Gasteiger partial charge is 0.394 e. The van der Waals surface area contributed by atoms with Gasteiger partial charge in [-0.2, -0.15) is 0 Å². The Morgan fingerprint density at radius 2 is 2.12 bits per heavy atom. The van der Waals surface area contributed by atoms with Gasteiger partial charge in [0.15, 0.2) is 0 Å². The molecule has 0 bridgehead atoms. The van der Waals surface area contributed by atoms with Gasteiger partial charge in [-0.15, -0.1) is 0 Å². The summed E-state index contributed by atoms with van der Waals surface area (Å²) >= 11 is 0. The predicted molar refractivity (Wildman–Crippen MR) is 72.1 cm³/mol. The quantitative estimate of drug-likeness (QED) is 0.640. The topological polar surface area (TPSA) is 52.7 Å². The Kier molecular flexibility index (Phi) is 5.86. The van der Waals surface area contributed by atoms with E-state index in [9.17, 15) is 0 Å². The minimum atomic E-state index is -0.392. The molecule has 1 saturated heterocycles.